The van der Waals surface area contributed by atoms with Crippen LogP contribution in [0.25, 0.3) is 0 Å². The summed E-state index contributed by atoms with van der Waals surface area (Å²) < 4.78 is 27.2. The SMILES string of the molecule is CCC(=O)c1cc(C#N)c(N2CCC(C(=O)NS(=O)(=O)Cc3ccccc3)CC2)nc1CN1CCCC1=O. The van der Waals surface area contributed by atoms with Crippen molar-refractivity contribution in [3.05, 3.63) is 58.8 Å². The summed E-state index contributed by atoms with van der Waals surface area (Å²) in [7, 11) is -3.83. The number of piperidine rings is 1. The quantitative estimate of drug-likeness (QED) is 0.481. The Balaban J connectivity index is 1.47. The topological polar surface area (TPSA) is 141 Å². The normalized spacial score (nSPS) is 16.4. The van der Waals surface area contributed by atoms with E-state index in [-0.39, 0.29) is 36.0 Å². The standard InChI is InChI=1S/C27H31N5O5S/c1-2-24(33)22-15-21(16-28)26(29-23(22)17-32-12-6-9-25(32)34)31-13-10-20(11-14-31)27(35)30-38(36,37)18-19-7-4-3-5-8-19/h3-5,7-8,15,20H,2,6,9-14,17-18H2,1H3,(H,30,35). The lowest BCUT2D eigenvalue weighted by atomic mass is 9.95. The maximum absolute atomic E-state index is 12.7. The molecule has 38 heavy (non-hydrogen) atoms. The summed E-state index contributed by atoms with van der Waals surface area (Å²) in [6.07, 6.45) is 2.25. The number of ketones is 1. The number of nitrogens with zero attached hydrogens (tertiary/aromatic N) is 4. The highest BCUT2D eigenvalue weighted by Crippen LogP contribution is 2.28. The zero-order chi connectivity index (χ0) is 27.3. The summed E-state index contributed by atoms with van der Waals surface area (Å²) in [5, 5.41) is 9.81. The van der Waals surface area contributed by atoms with Gasteiger partial charge in [-0.05, 0) is 30.9 Å². The lowest BCUT2D eigenvalue weighted by molar-refractivity contribution is -0.128. The van der Waals surface area contributed by atoms with E-state index in [4.69, 9.17) is 4.98 Å². The van der Waals surface area contributed by atoms with Crippen molar-refractivity contribution < 1.29 is 22.8 Å². The van der Waals surface area contributed by atoms with Gasteiger partial charge < -0.3 is 9.80 Å². The van der Waals surface area contributed by atoms with Crippen molar-refractivity contribution in [1.82, 2.24) is 14.6 Å². The monoisotopic (exact) mass is 537 g/mol. The van der Waals surface area contributed by atoms with Crippen LogP contribution >= 0.6 is 0 Å². The molecule has 2 fully saturated rings. The fraction of sp³-hybridized carbons (Fsp3) is 0.444. The van der Waals surface area contributed by atoms with Gasteiger partial charge in [0.15, 0.2) is 5.78 Å². The number of nitrogens with one attached hydrogen (secondary N) is 1. The summed E-state index contributed by atoms with van der Waals surface area (Å²) in [5.41, 5.74) is 1.67. The van der Waals surface area contributed by atoms with Gasteiger partial charge in [0.25, 0.3) is 0 Å². The smallest absolute Gasteiger partial charge is 0.239 e. The Morgan fingerprint density at radius 1 is 1.16 bits per heavy atom. The third kappa shape index (κ3) is 6.37. The van der Waals surface area contributed by atoms with Gasteiger partial charge in [-0.2, -0.15) is 5.26 Å². The Morgan fingerprint density at radius 2 is 1.87 bits per heavy atom. The maximum atomic E-state index is 12.7. The first-order valence-corrected chi connectivity index (χ1v) is 14.4. The van der Waals surface area contributed by atoms with Crippen molar-refractivity contribution in [2.45, 2.75) is 51.3 Å². The molecular formula is C27H31N5O5S. The van der Waals surface area contributed by atoms with Crippen LogP contribution < -0.4 is 9.62 Å². The Hall–Kier alpha value is -3.78. The van der Waals surface area contributed by atoms with Crippen LogP contribution in [0.4, 0.5) is 5.82 Å². The van der Waals surface area contributed by atoms with Gasteiger partial charge in [0.2, 0.25) is 21.8 Å². The van der Waals surface area contributed by atoms with Crippen molar-refractivity contribution in [1.29, 1.82) is 5.26 Å². The number of amides is 2. The number of hydrogen-bond acceptors (Lipinski definition) is 8. The second-order valence-corrected chi connectivity index (χ2v) is 11.4. The number of rotatable bonds is 9. The van der Waals surface area contributed by atoms with E-state index in [2.05, 4.69) is 10.8 Å². The van der Waals surface area contributed by atoms with Gasteiger partial charge in [0.1, 0.15) is 11.9 Å². The summed E-state index contributed by atoms with van der Waals surface area (Å²) in [5.74, 6) is -1.02. The number of anilines is 1. The van der Waals surface area contributed by atoms with Gasteiger partial charge in [0.05, 0.1) is 23.6 Å². The van der Waals surface area contributed by atoms with E-state index in [9.17, 15) is 28.1 Å². The number of carbonyl (C=O) groups excluding carboxylic acids is 3. The minimum Gasteiger partial charge on any atom is -0.355 e. The third-order valence-electron chi connectivity index (χ3n) is 6.96. The zero-order valence-electron chi connectivity index (χ0n) is 21.4. The van der Waals surface area contributed by atoms with Crippen molar-refractivity contribution in [2.75, 3.05) is 24.5 Å². The highest BCUT2D eigenvalue weighted by Gasteiger charge is 2.31. The van der Waals surface area contributed by atoms with Crippen LogP contribution in [-0.4, -0.2) is 55.5 Å². The molecule has 200 valence electrons. The fourth-order valence-corrected chi connectivity index (χ4v) is 6.06. The number of hydrogen-bond donors (Lipinski definition) is 1. The van der Waals surface area contributed by atoms with E-state index in [1.165, 1.54) is 0 Å². The second kappa shape index (κ2) is 11.7. The molecule has 1 aromatic carbocycles. The number of benzene rings is 1. The van der Waals surface area contributed by atoms with Gasteiger partial charge in [-0.15, -0.1) is 0 Å². The molecule has 2 aliphatic heterocycles. The Bertz CT molecular complexity index is 1360. The van der Waals surface area contributed by atoms with Gasteiger partial charge in [-0.3, -0.25) is 19.1 Å². The van der Waals surface area contributed by atoms with Crippen LogP contribution in [-0.2, 0) is 31.9 Å². The molecule has 3 heterocycles. The molecule has 2 aromatic rings. The van der Waals surface area contributed by atoms with E-state index in [1.54, 1.807) is 48.2 Å². The highest BCUT2D eigenvalue weighted by molar-refractivity contribution is 7.89. The van der Waals surface area contributed by atoms with E-state index in [0.29, 0.717) is 61.5 Å². The summed E-state index contributed by atoms with van der Waals surface area (Å²) in [6, 6.07) is 12.3. The molecule has 0 saturated carbocycles. The predicted molar refractivity (Wildman–Crippen MR) is 140 cm³/mol. The molecule has 0 atom stereocenters. The largest absolute Gasteiger partial charge is 0.355 e. The van der Waals surface area contributed by atoms with E-state index < -0.39 is 21.8 Å². The number of aromatic nitrogens is 1. The molecule has 11 heteroatoms. The molecular weight excluding hydrogens is 506 g/mol. The van der Waals surface area contributed by atoms with Gasteiger partial charge >= 0.3 is 0 Å². The fourth-order valence-electron chi connectivity index (χ4n) is 4.89. The number of Topliss-reactive ketones (excluding diaryl/α,β-unsaturated/α-hetero) is 1. The van der Waals surface area contributed by atoms with Gasteiger partial charge in [-0.25, -0.2) is 13.4 Å². The molecule has 2 aliphatic rings. The van der Waals surface area contributed by atoms with Crippen LogP contribution in [0.15, 0.2) is 36.4 Å². The maximum Gasteiger partial charge on any atom is 0.239 e. The first-order chi connectivity index (χ1) is 18.2. The molecule has 0 radical (unpaired) electrons. The van der Waals surface area contributed by atoms with Crippen molar-refractivity contribution in [3.63, 3.8) is 0 Å². The number of nitriles is 1. The molecule has 0 aliphatic carbocycles. The number of pyridine rings is 1. The molecule has 2 saturated heterocycles. The number of carbonyl (C=O) groups is 3. The van der Waals surface area contributed by atoms with Crippen LogP contribution in [0.5, 0.6) is 0 Å². The Labute approximate surface area is 222 Å². The van der Waals surface area contributed by atoms with Crippen LogP contribution in [0, 0.1) is 17.2 Å². The number of likely N-dealkylation sites (tertiary alicyclic amines) is 1. The molecule has 0 spiro atoms. The summed E-state index contributed by atoms with van der Waals surface area (Å²) >= 11 is 0. The van der Waals surface area contributed by atoms with E-state index in [1.807, 2.05) is 4.90 Å². The van der Waals surface area contributed by atoms with Crippen LogP contribution in [0.1, 0.15) is 66.2 Å². The molecule has 1 aromatic heterocycles. The van der Waals surface area contributed by atoms with E-state index in [0.717, 1.165) is 6.42 Å². The van der Waals surface area contributed by atoms with Crippen molar-refractivity contribution in [3.8, 4) is 6.07 Å². The molecule has 2 amide bonds. The molecule has 0 unspecified atom stereocenters. The predicted octanol–water partition coefficient (Wildman–Crippen LogP) is 2.53. The summed E-state index contributed by atoms with van der Waals surface area (Å²) in [4.78, 5) is 45.9. The average molecular weight is 538 g/mol. The van der Waals surface area contributed by atoms with Crippen LogP contribution in [0.3, 0.4) is 0 Å². The minimum absolute atomic E-state index is 0.0154. The molecule has 1 N–H and O–H groups in total. The average Bonchev–Trinajstić information content (AvgIpc) is 3.32. The van der Waals surface area contributed by atoms with Gasteiger partial charge in [-0.1, -0.05) is 37.3 Å². The van der Waals surface area contributed by atoms with E-state index >= 15 is 0 Å². The number of sulfonamides is 1. The third-order valence-corrected chi connectivity index (χ3v) is 8.18. The first-order valence-electron chi connectivity index (χ1n) is 12.8. The van der Waals surface area contributed by atoms with Crippen LogP contribution in [0.2, 0.25) is 0 Å². The molecule has 0 bridgehead atoms. The molecule has 10 nitrogen and oxygen atoms in total. The minimum atomic E-state index is -3.83. The summed E-state index contributed by atoms with van der Waals surface area (Å²) in [6.45, 7) is 3.33. The first kappa shape index (κ1) is 27.3. The lowest BCUT2D eigenvalue weighted by Gasteiger charge is -2.33. The highest BCUT2D eigenvalue weighted by atomic mass is 32.2. The van der Waals surface area contributed by atoms with Crippen molar-refractivity contribution in [2.24, 2.45) is 5.92 Å². The Morgan fingerprint density at radius 3 is 2.47 bits per heavy atom. The van der Waals surface area contributed by atoms with Gasteiger partial charge in [0, 0.05) is 44.0 Å². The molecule has 4 rings (SSSR count). The Kier molecular flexibility index (Phi) is 8.42. The lowest BCUT2D eigenvalue weighted by Crippen LogP contribution is -2.43. The van der Waals surface area contributed by atoms with Crippen molar-refractivity contribution >= 4 is 33.4 Å². The second-order valence-electron chi connectivity index (χ2n) is 9.63. The zero-order valence-corrected chi connectivity index (χ0v) is 22.2.